The molecule has 164 valence electrons. The largest absolute Gasteiger partial charge is 0.376 e. The predicted molar refractivity (Wildman–Crippen MR) is 124 cm³/mol. The molecule has 1 aliphatic rings. The number of fused-ring (bicyclic) bond motifs is 1. The van der Waals surface area contributed by atoms with Crippen LogP contribution >= 0.6 is 11.6 Å². The third kappa shape index (κ3) is 3.67. The number of halogens is 1. The second kappa shape index (κ2) is 8.41. The van der Waals surface area contributed by atoms with Gasteiger partial charge in [0.25, 0.3) is 5.56 Å². The van der Waals surface area contributed by atoms with Crippen molar-refractivity contribution in [3.8, 4) is 5.69 Å². The summed E-state index contributed by atoms with van der Waals surface area (Å²) in [5, 5.41) is 0.566. The van der Waals surface area contributed by atoms with Gasteiger partial charge >= 0.3 is 5.69 Å². The van der Waals surface area contributed by atoms with Gasteiger partial charge in [-0.25, -0.2) is 14.3 Å². The van der Waals surface area contributed by atoms with Crippen molar-refractivity contribution in [2.75, 3.05) is 6.61 Å². The quantitative estimate of drug-likeness (QED) is 0.466. The first-order valence-electron chi connectivity index (χ1n) is 10.7. The van der Waals surface area contributed by atoms with Gasteiger partial charge in [0.05, 0.1) is 24.7 Å². The Morgan fingerprint density at radius 2 is 1.91 bits per heavy atom. The maximum atomic E-state index is 13.5. The van der Waals surface area contributed by atoms with Crippen molar-refractivity contribution in [2.45, 2.75) is 39.0 Å². The fourth-order valence-electron chi connectivity index (χ4n) is 4.25. The van der Waals surface area contributed by atoms with Crippen molar-refractivity contribution in [3.05, 3.63) is 91.8 Å². The van der Waals surface area contributed by atoms with E-state index in [9.17, 15) is 9.59 Å². The molecule has 0 saturated carbocycles. The first-order chi connectivity index (χ1) is 15.5. The normalized spacial score (nSPS) is 16.1. The summed E-state index contributed by atoms with van der Waals surface area (Å²) in [5.41, 5.74) is 2.76. The van der Waals surface area contributed by atoms with Gasteiger partial charge in [-0.15, -0.1) is 0 Å². The highest BCUT2D eigenvalue weighted by atomic mass is 35.5. The average Bonchev–Trinajstić information content (AvgIpc) is 3.44. The van der Waals surface area contributed by atoms with Gasteiger partial charge in [-0.05, 0) is 55.2 Å². The molecule has 2 aromatic heterocycles. The Morgan fingerprint density at radius 3 is 2.62 bits per heavy atom. The highest BCUT2D eigenvalue weighted by Gasteiger charge is 2.23. The zero-order valence-electron chi connectivity index (χ0n) is 17.7. The molecule has 8 heteroatoms. The minimum atomic E-state index is -0.429. The second-order valence-electron chi connectivity index (χ2n) is 8.12. The molecule has 0 spiro atoms. The zero-order valence-corrected chi connectivity index (χ0v) is 18.5. The molecule has 3 heterocycles. The first kappa shape index (κ1) is 20.7. The summed E-state index contributed by atoms with van der Waals surface area (Å²) < 4.78 is 10.3. The molecule has 2 aromatic carbocycles. The van der Waals surface area contributed by atoms with Gasteiger partial charge in [0.15, 0.2) is 11.2 Å². The van der Waals surface area contributed by atoms with Crippen LogP contribution in [0.5, 0.6) is 0 Å². The van der Waals surface area contributed by atoms with Gasteiger partial charge in [-0.1, -0.05) is 35.9 Å². The summed E-state index contributed by atoms with van der Waals surface area (Å²) in [6.45, 7) is 3.39. The lowest BCUT2D eigenvalue weighted by atomic mass is 10.1. The van der Waals surface area contributed by atoms with Crippen molar-refractivity contribution in [3.63, 3.8) is 0 Å². The SMILES string of the molecule is Cc1ccccc1Cn1cnc2c1c(=O)n(C[C@@H]1CCCO1)c(=O)n2-c1ccc(Cl)cc1. The summed E-state index contributed by atoms with van der Waals surface area (Å²) in [4.78, 5) is 31.5. The molecular formula is C24H23ClN4O3. The molecule has 1 atom stereocenters. The molecule has 1 saturated heterocycles. The molecule has 1 fully saturated rings. The summed E-state index contributed by atoms with van der Waals surface area (Å²) in [7, 11) is 0. The van der Waals surface area contributed by atoms with E-state index in [2.05, 4.69) is 4.98 Å². The number of aromatic nitrogens is 4. The number of ether oxygens (including phenoxy) is 1. The molecule has 5 rings (SSSR count). The van der Waals surface area contributed by atoms with E-state index in [4.69, 9.17) is 16.3 Å². The molecule has 4 aromatic rings. The van der Waals surface area contributed by atoms with E-state index in [1.807, 2.05) is 35.8 Å². The predicted octanol–water partition coefficient (Wildman–Crippen LogP) is 3.54. The number of nitrogens with zero attached hydrogens (tertiary/aromatic N) is 4. The Bertz CT molecular complexity index is 1400. The van der Waals surface area contributed by atoms with Crippen molar-refractivity contribution >= 4 is 22.8 Å². The zero-order chi connectivity index (χ0) is 22.2. The van der Waals surface area contributed by atoms with Crippen LogP contribution < -0.4 is 11.2 Å². The number of rotatable bonds is 5. The fourth-order valence-corrected chi connectivity index (χ4v) is 4.37. The van der Waals surface area contributed by atoms with E-state index in [0.29, 0.717) is 35.0 Å². The lowest BCUT2D eigenvalue weighted by Gasteiger charge is -2.15. The molecule has 0 unspecified atom stereocenters. The van der Waals surface area contributed by atoms with Gasteiger partial charge in [-0.3, -0.25) is 9.36 Å². The molecule has 1 aliphatic heterocycles. The summed E-state index contributed by atoms with van der Waals surface area (Å²) >= 11 is 6.06. The minimum absolute atomic E-state index is 0.149. The maximum absolute atomic E-state index is 13.5. The third-order valence-electron chi connectivity index (χ3n) is 6.00. The van der Waals surface area contributed by atoms with E-state index in [1.165, 1.54) is 9.13 Å². The van der Waals surface area contributed by atoms with Crippen molar-refractivity contribution < 1.29 is 4.74 Å². The maximum Gasteiger partial charge on any atom is 0.337 e. The van der Waals surface area contributed by atoms with Crippen molar-refractivity contribution in [1.29, 1.82) is 0 Å². The van der Waals surface area contributed by atoms with Crippen molar-refractivity contribution in [2.24, 2.45) is 0 Å². The van der Waals surface area contributed by atoms with E-state index in [0.717, 1.165) is 24.0 Å². The van der Waals surface area contributed by atoms with Crippen LogP contribution in [0, 0.1) is 6.92 Å². The van der Waals surface area contributed by atoms with Gasteiger partial charge in [0, 0.05) is 18.2 Å². The highest BCUT2D eigenvalue weighted by molar-refractivity contribution is 6.30. The average molecular weight is 451 g/mol. The smallest absolute Gasteiger partial charge is 0.337 e. The molecule has 0 aliphatic carbocycles. The Hall–Kier alpha value is -3.16. The number of imidazole rings is 1. The monoisotopic (exact) mass is 450 g/mol. The highest BCUT2D eigenvalue weighted by Crippen LogP contribution is 2.19. The Kier molecular flexibility index (Phi) is 5.45. The van der Waals surface area contributed by atoms with Crippen LogP contribution in [0.25, 0.3) is 16.9 Å². The number of aryl methyl sites for hydroxylation is 1. The van der Waals surface area contributed by atoms with E-state index >= 15 is 0 Å². The minimum Gasteiger partial charge on any atom is -0.376 e. The number of benzene rings is 2. The molecule has 0 amide bonds. The Balaban J connectivity index is 1.73. The van der Waals surface area contributed by atoms with Crippen LogP contribution in [0.3, 0.4) is 0 Å². The summed E-state index contributed by atoms with van der Waals surface area (Å²) in [6.07, 6.45) is 3.23. The molecule has 0 radical (unpaired) electrons. The molecule has 32 heavy (non-hydrogen) atoms. The van der Waals surface area contributed by atoms with Crippen LogP contribution in [0.1, 0.15) is 24.0 Å². The number of hydrogen-bond acceptors (Lipinski definition) is 4. The molecular weight excluding hydrogens is 428 g/mol. The van der Waals surface area contributed by atoms with Gasteiger partial charge in [0.1, 0.15) is 0 Å². The third-order valence-corrected chi connectivity index (χ3v) is 6.25. The van der Waals surface area contributed by atoms with Crippen LogP contribution in [0.15, 0.2) is 64.4 Å². The second-order valence-corrected chi connectivity index (χ2v) is 8.55. The summed E-state index contributed by atoms with van der Waals surface area (Å²) in [6, 6.07) is 15.0. The number of hydrogen-bond donors (Lipinski definition) is 0. The van der Waals surface area contributed by atoms with Crippen LogP contribution in [-0.2, 0) is 17.8 Å². The lowest BCUT2D eigenvalue weighted by Crippen LogP contribution is -2.42. The van der Waals surface area contributed by atoms with Crippen molar-refractivity contribution in [1.82, 2.24) is 18.7 Å². The fraction of sp³-hybridized carbons (Fsp3) is 0.292. The van der Waals surface area contributed by atoms with Crippen LogP contribution in [0.4, 0.5) is 0 Å². The van der Waals surface area contributed by atoms with Gasteiger partial charge in [-0.2, -0.15) is 0 Å². The molecule has 0 N–H and O–H groups in total. The molecule has 7 nitrogen and oxygen atoms in total. The van der Waals surface area contributed by atoms with Gasteiger partial charge < -0.3 is 9.30 Å². The topological polar surface area (TPSA) is 71.1 Å². The summed E-state index contributed by atoms with van der Waals surface area (Å²) in [5.74, 6) is 0. The molecule has 0 bridgehead atoms. The van der Waals surface area contributed by atoms with E-state index < -0.39 is 5.69 Å². The Morgan fingerprint density at radius 1 is 1.12 bits per heavy atom. The van der Waals surface area contributed by atoms with Crippen LogP contribution in [-0.4, -0.2) is 31.4 Å². The first-order valence-corrected chi connectivity index (χ1v) is 11.0. The van der Waals surface area contributed by atoms with E-state index in [1.54, 1.807) is 30.6 Å². The standard InChI is InChI=1S/C24H23ClN4O3/c1-16-5-2-3-6-17(16)13-27-15-26-22-21(27)23(30)28(14-20-7-4-12-32-20)24(31)29(22)19-10-8-18(25)9-11-19/h2-3,5-6,8-11,15,20H,4,7,12-14H2,1H3/t20-/m0/s1. The van der Waals surface area contributed by atoms with Gasteiger partial charge in [0.2, 0.25) is 0 Å². The van der Waals surface area contributed by atoms with E-state index in [-0.39, 0.29) is 18.2 Å². The van der Waals surface area contributed by atoms with Crippen LogP contribution in [0.2, 0.25) is 5.02 Å². The Labute approximate surface area is 189 Å². The lowest BCUT2D eigenvalue weighted by molar-refractivity contribution is 0.0950.